The van der Waals surface area contributed by atoms with Crippen LogP contribution in [0.3, 0.4) is 0 Å². The molecule has 10 nitrogen and oxygen atoms in total. The van der Waals surface area contributed by atoms with Gasteiger partial charge in [0.25, 0.3) is 0 Å². The molecule has 0 aromatic carbocycles. The highest BCUT2D eigenvalue weighted by Crippen LogP contribution is 2.37. The summed E-state index contributed by atoms with van der Waals surface area (Å²) in [6.07, 6.45) is 4.30. The van der Waals surface area contributed by atoms with Crippen LogP contribution in [0, 0.1) is 0 Å². The molecule has 0 radical (unpaired) electrons. The van der Waals surface area contributed by atoms with Gasteiger partial charge in [-0.2, -0.15) is 4.98 Å². The number of morpholine rings is 1. The standard InChI is InChI=1S/C19H24N8O2/c1-12(28)26-10-14(11-26)27-3-2-15-16(13-8-21-18(20)22-9-13)23-19(24-17(15)27)25-4-6-29-7-5-25/h8-9,14H,2-7,10-11H2,1H3,(H2,20,21,22). The van der Waals surface area contributed by atoms with Crippen LogP contribution in [0.2, 0.25) is 0 Å². The number of hydrogen-bond donors (Lipinski definition) is 1. The van der Waals surface area contributed by atoms with Gasteiger partial charge in [-0.15, -0.1) is 0 Å². The summed E-state index contributed by atoms with van der Waals surface area (Å²) in [5.74, 6) is 2.03. The van der Waals surface area contributed by atoms with E-state index in [-0.39, 0.29) is 11.9 Å². The minimum Gasteiger partial charge on any atom is -0.378 e. The third kappa shape index (κ3) is 3.23. The second-order valence-electron chi connectivity index (χ2n) is 7.62. The molecule has 0 spiro atoms. The molecule has 3 aliphatic heterocycles. The Balaban J connectivity index is 1.53. The number of aromatic nitrogens is 4. The summed E-state index contributed by atoms with van der Waals surface area (Å²) >= 11 is 0. The van der Waals surface area contributed by atoms with Crippen molar-refractivity contribution >= 4 is 23.6 Å². The number of nitrogen functional groups attached to an aromatic ring is 1. The minimum atomic E-state index is 0.122. The maximum absolute atomic E-state index is 11.6. The molecular formula is C19H24N8O2. The van der Waals surface area contributed by atoms with Gasteiger partial charge in [-0.05, 0) is 6.42 Å². The Hall–Kier alpha value is -3.01. The zero-order valence-corrected chi connectivity index (χ0v) is 16.4. The molecule has 5 rings (SSSR count). The molecule has 5 heterocycles. The van der Waals surface area contributed by atoms with Crippen LogP contribution in [0.15, 0.2) is 12.4 Å². The molecule has 0 saturated carbocycles. The van der Waals surface area contributed by atoms with Crippen LogP contribution >= 0.6 is 0 Å². The summed E-state index contributed by atoms with van der Waals surface area (Å²) in [6, 6.07) is 0.295. The normalized spacial score (nSPS) is 19.3. The van der Waals surface area contributed by atoms with Crippen molar-refractivity contribution < 1.29 is 9.53 Å². The lowest BCUT2D eigenvalue weighted by Crippen LogP contribution is -2.60. The lowest BCUT2D eigenvalue weighted by Gasteiger charge is -2.44. The Bertz CT molecular complexity index is 923. The smallest absolute Gasteiger partial charge is 0.228 e. The molecule has 29 heavy (non-hydrogen) atoms. The van der Waals surface area contributed by atoms with Crippen LogP contribution in [-0.2, 0) is 16.0 Å². The predicted octanol–water partition coefficient (Wildman–Crippen LogP) is -0.0544. The quantitative estimate of drug-likeness (QED) is 0.762. The van der Waals surface area contributed by atoms with Gasteiger partial charge in [0.2, 0.25) is 17.8 Å². The fourth-order valence-corrected chi connectivity index (χ4v) is 4.14. The third-order valence-electron chi connectivity index (χ3n) is 5.84. The monoisotopic (exact) mass is 396 g/mol. The number of amides is 1. The van der Waals surface area contributed by atoms with E-state index in [1.54, 1.807) is 19.3 Å². The summed E-state index contributed by atoms with van der Waals surface area (Å²) < 4.78 is 5.48. The molecule has 2 aromatic rings. The Labute approximate surface area is 168 Å². The van der Waals surface area contributed by atoms with Gasteiger partial charge in [0.05, 0.1) is 24.9 Å². The van der Waals surface area contributed by atoms with E-state index in [4.69, 9.17) is 20.4 Å². The highest BCUT2D eigenvalue weighted by Gasteiger charge is 2.38. The van der Waals surface area contributed by atoms with Crippen molar-refractivity contribution in [3.05, 3.63) is 18.0 Å². The van der Waals surface area contributed by atoms with Crippen LogP contribution in [-0.4, -0.2) is 82.7 Å². The van der Waals surface area contributed by atoms with Crippen molar-refractivity contribution in [1.82, 2.24) is 24.8 Å². The van der Waals surface area contributed by atoms with Crippen LogP contribution < -0.4 is 15.5 Å². The van der Waals surface area contributed by atoms with E-state index in [0.29, 0.717) is 25.2 Å². The minimum absolute atomic E-state index is 0.122. The molecule has 0 aliphatic carbocycles. The Kier molecular flexibility index (Phi) is 4.42. The van der Waals surface area contributed by atoms with E-state index >= 15 is 0 Å². The first kappa shape index (κ1) is 18.0. The van der Waals surface area contributed by atoms with E-state index in [0.717, 1.165) is 61.8 Å². The van der Waals surface area contributed by atoms with Gasteiger partial charge in [0.15, 0.2) is 0 Å². The molecule has 1 amide bonds. The van der Waals surface area contributed by atoms with Gasteiger partial charge in [0.1, 0.15) is 5.82 Å². The Morgan fingerprint density at radius 3 is 2.55 bits per heavy atom. The lowest BCUT2D eigenvalue weighted by molar-refractivity contribution is -0.133. The van der Waals surface area contributed by atoms with E-state index < -0.39 is 0 Å². The fraction of sp³-hybridized carbons (Fsp3) is 0.526. The van der Waals surface area contributed by atoms with Gasteiger partial charge < -0.3 is 25.2 Å². The number of fused-ring (bicyclic) bond motifs is 1. The topological polar surface area (TPSA) is 114 Å². The predicted molar refractivity (Wildman–Crippen MR) is 108 cm³/mol. The lowest BCUT2D eigenvalue weighted by atomic mass is 10.1. The maximum Gasteiger partial charge on any atom is 0.228 e. The number of nitrogens with two attached hydrogens (primary N) is 1. The van der Waals surface area contributed by atoms with E-state index in [1.165, 1.54) is 0 Å². The Morgan fingerprint density at radius 1 is 1.14 bits per heavy atom. The van der Waals surface area contributed by atoms with Gasteiger partial charge in [-0.1, -0.05) is 0 Å². The van der Waals surface area contributed by atoms with Crippen LogP contribution in [0.25, 0.3) is 11.3 Å². The number of carbonyl (C=O) groups is 1. The number of nitrogens with zero attached hydrogens (tertiary/aromatic N) is 7. The fourth-order valence-electron chi connectivity index (χ4n) is 4.14. The average Bonchev–Trinajstić information content (AvgIpc) is 3.11. The van der Waals surface area contributed by atoms with E-state index in [2.05, 4.69) is 19.8 Å². The number of ether oxygens (including phenoxy) is 1. The van der Waals surface area contributed by atoms with Gasteiger partial charge in [-0.3, -0.25) is 4.79 Å². The molecule has 2 fully saturated rings. The zero-order valence-electron chi connectivity index (χ0n) is 16.4. The van der Waals surface area contributed by atoms with Gasteiger partial charge in [-0.25, -0.2) is 15.0 Å². The molecule has 152 valence electrons. The summed E-state index contributed by atoms with van der Waals surface area (Å²) in [5, 5.41) is 0. The van der Waals surface area contributed by atoms with Gasteiger partial charge >= 0.3 is 0 Å². The number of hydrogen-bond acceptors (Lipinski definition) is 9. The Morgan fingerprint density at radius 2 is 1.86 bits per heavy atom. The van der Waals surface area contributed by atoms with Gasteiger partial charge in [0, 0.05) is 63.2 Å². The molecule has 10 heteroatoms. The van der Waals surface area contributed by atoms with Crippen molar-refractivity contribution in [2.24, 2.45) is 0 Å². The highest BCUT2D eigenvalue weighted by molar-refractivity contribution is 5.76. The maximum atomic E-state index is 11.6. The summed E-state index contributed by atoms with van der Waals surface area (Å²) in [5.41, 5.74) is 8.48. The SMILES string of the molecule is CC(=O)N1CC(N2CCc3c(-c4cnc(N)nc4)nc(N4CCOCC4)nc32)C1. The summed E-state index contributed by atoms with van der Waals surface area (Å²) in [6.45, 7) is 6.83. The molecular weight excluding hydrogens is 372 g/mol. The third-order valence-corrected chi connectivity index (χ3v) is 5.84. The second kappa shape index (κ2) is 7.11. The molecule has 0 bridgehead atoms. The van der Waals surface area contributed by atoms with Crippen molar-refractivity contribution in [2.45, 2.75) is 19.4 Å². The van der Waals surface area contributed by atoms with Crippen molar-refractivity contribution in [1.29, 1.82) is 0 Å². The van der Waals surface area contributed by atoms with Crippen molar-refractivity contribution in [2.75, 3.05) is 61.5 Å². The summed E-state index contributed by atoms with van der Waals surface area (Å²) in [7, 11) is 0. The molecule has 2 N–H and O–H groups in total. The highest BCUT2D eigenvalue weighted by atomic mass is 16.5. The number of carbonyl (C=O) groups excluding carboxylic acids is 1. The van der Waals surface area contributed by atoms with E-state index in [9.17, 15) is 4.79 Å². The second-order valence-corrected chi connectivity index (χ2v) is 7.62. The van der Waals surface area contributed by atoms with Crippen LogP contribution in [0.5, 0.6) is 0 Å². The number of anilines is 3. The molecule has 2 aromatic heterocycles. The number of rotatable bonds is 3. The summed E-state index contributed by atoms with van der Waals surface area (Å²) in [4.78, 5) is 36.1. The van der Waals surface area contributed by atoms with Crippen LogP contribution in [0.4, 0.5) is 17.7 Å². The average molecular weight is 396 g/mol. The van der Waals surface area contributed by atoms with Crippen LogP contribution in [0.1, 0.15) is 12.5 Å². The first-order valence-electron chi connectivity index (χ1n) is 9.94. The first-order chi connectivity index (χ1) is 14.1. The zero-order chi connectivity index (χ0) is 20.0. The number of likely N-dealkylation sites (tertiary alicyclic amines) is 1. The molecule has 3 aliphatic rings. The van der Waals surface area contributed by atoms with Crippen molar-refractivity contribution in [3.63, 3.8) is 0 Å². The molecule has 0 atom stereocenters. The van der Waals surface area contributed by atoms with E-state index in [1.807, 2.05) is 4.90 Å². The molecule has 2 saturated heterocycles. The molecule has 0 unspecified atom stereocenters. The largest absolute Gasteiger partial charge is 0.378 e. The first-order valence-corrected chi connectivity index (χ1v) is 9.94. The van der Waals surface area contributed by atoms with Crippen molar-refractivity contribution in [3.8, 4) is 11.3 Å².